The summed E-state index contributed by atoms with van der Waals surface area (Å²) in [6.07, 6.45) is 2.57. The third kappa shape index (κ3) is 2.46. The second-order valence-corrected chi connectivity index (χ2v) is 4.94. The first-order valence-electron chi connectivity index (χ1n) is 6.59. The molecule has 0 aliphatic heterocycles. The molecule has 1 aliphatic carbocycles. The summed E-state index contributed by atoms with van der Waals surface area (Å²) in [7, 11) is 3.36. The smallest absolute Gasteiger partial charge is 0.168 e. The van der Waals surface area contributed by atoms with E-state index in [0.29, 0.717) is 0 Å². The fourth-order valence-corrected chi connectivity index (χ4v) is 2.20. The van der Waals surface area contributed by atoms with E-state index in [1.165, 1.54) is 12.8 Å². The van der Waals surface area contributed by atoms with E-state index in [1.807, 2.05) is 30.3 Å². The van der Waals surface area contributed by atoms with E-state index in [2.05, 4.69) is 0 Å². The maximum Gasteiger partial charge on any atom is 0.168 e. The first-order valence-corrected chi connectivity index (χ1v) is 6.59. The van der Waals surface area contributed by atoms with Gasteiger partial charge in [-0.25, -0.2) is 0 Å². The van der Waals surface area contributed by atoms with Crippen LogP contribution < -0.4 is 14.2 Å². The van der Waals surface area contributed by atoms with Crippen molar-refractivity contribution in [2.75, 3.05) is 20.8 Å². The van der Waals surface area contributed by atoms with Crippen LogP contribution in [0.4, 0.5) is 0 Å². The summed E-state index contributed by atoms with van der Waals surface area (Å²) in [4.78, 5) is 0. The molecule has 2 aromatic rings. The minimum absolute atomic E-state index is 0.733. The quantitative estimate of drug-likeness (QED) is 0.819. The van der Waals surface area contributed by atoms with E-state index in [4.69, 9.17) is 14.2 Å². The van der Waals surface area contributed by atoms with Crippen molar-refractivity contribution in [1.29, 1.82) is 0 Å². The lowest BCUT2D eigenvalue weighted by Gasteiger charge is -2.13. The molecule has 1 saturated carbocycles. The Labute approximate surface area is 113 Å². The Balaban J connectivity index is 1.98. The van der Waals surface area contributed by atoms with Gasteiger partial charge in [0.25, 0.3) is 0 Å². The first-order chi connectivity index (χ1) is 9.31. The lowest BCUT2D eigenvalue weighted by molar-refractivity contribution is 0.282. The number of ether oxygens (including phenoxy) is 3. The molecule has 0 aromatic heterocycles. The van der Waals surface area contributed by atoms with Crippen molar-refractivity contribution >= 4 is 10.8 Å². The molecule has 2 aromatic carbocycles. The average Bonchev–Trinajstić information content (AvgIpc) is 3.27. The second kappa shape index (κ2) is 5.00. The number of fused-ring (bicyclic) bond motifs is 1. The SMILES string of the molecule is COc1ccc2c(OC)c(OCC3CC3)ccc2c1. The standard InChI is InChI=1S/C16H18O3/c1-17-13-6-7-14-12(9-13)5-8-15(16(14)18-2)19-10-11-3-4-11/h5-9,11H,3-4,10H2,1-2H3. The normalized spacial score (nSPS) is 14.4. The van der Waals surface area contributed by atoms with Gasteiger partial charge >= 0.3 is 0 Å². The number of rotatable bonds is 5. The molecule has 100 valence electrons. The highest BCUT2D eigenvalue weighted by Gasteiger charge is 2.22. The molecule has 19 heavy (non-hydrogen) atoms. The van der Waals surface area contributed by atoms with Crippen LogP contribution in [0.1, 0.15) is 12.8 Å². The summed E-state index contributed by atoms with van der Waals surface area (Å²) in [5.41, 5.74) is 0. The van der Waals surface area contributed by atoms with E-state index in [9.17, 15) is 0 Å². The molecule has 0 unspecified atom stereocenters. The van der Waals surface area contributed by atoms with Crippen molar-refractivity contribution in [1.82, 2.24) is 0 Å². The van der Waals surface area contributed by atoms with Crippen molar-refractivity contribution in [3.8, 4) is 17.2 Å². The van der Waals surface area contributed by atoms with Crippen molar-refractivity contribution in [2.45, 2.75) is 12.8 Å². The van der Waals surface area contributed by atoms with Gasteiger partial charge in [-0.05, 0) is 48.4 Å². The van der Waals surface area contributed by atoms with Gasteiger partial charge in [0.2, 0.25) is 0 Å². The first kappa shape index (κ1) is 12.2. The molecule has 0 atom stereocenters. The van der Waals surface area contributed by atoms with Crippen LogP contribution in [-0.2, 0) is 0 Å². The number of methoxy groups -OCH3 is 2. The predicted molar refractivity (Wildman–Crippen MR) is 75.3 cm³/mol. The second-order valence-electron chi connectivity index (χ2n) is 4.94. The summed E-state index contributed by atoms with van der Waals surface area (Å²) in [6.45, 7) is 0.790. The largest absolute Gasteiger partial charge is 0.497 e. The van der Waals surface area contributed by atoms with Gasteiger partial charge < -0.3 is 14.2 Å². The van der Waals surface area contributed by atoms with Gasteiger partial charge in [-0.15, -0.1) is 0 Å². The molecule has 0 radical (unpaired) electrons. The lowest BCUT2D eigenvalue weighted by Crippen LogP contribution is -2.01. The van der Waals surface area contributed by atoms with E-state index >= 15 is 0 Å². The Morgan fingerprint density at radius 3 is 2.58 bits per heavy atom. The minimum Gasteiger partial charge on any atom is -0.497 e. The topological polar surface area (TPSA) is 27.7 Å². The van der Waals surface area contributed by atoms with Gasteiger partial charge in [0, 0.05) is 5.39 Å². The van der Waals surface area contributed by atoms with Gasteiger partial charge in [-0.2, -0.15) is 0 Å². The lowest BCUT2D eigenvalue weighted by atomic mass is 10.1. The zero-order chi connectivity index (χ0) is 13.2. The minimum atomic E-state index is 0.733. The summed E-state index contributed by atoms with van der Waals surface area (Å²) >= 11 is 0. The maximum atomic E-state index is 5.86. The zero-order valence-corrected chi connectivity index (χ0v) is 11.3. The molecule has 3 rings (SSSR count). The van der Waals surface area contributed by atoms with Crippen LogP contribution in [0.25, 0.3) is 10.8 Å². The van der Waals surface area contributed by atoms with Gasteiger partial charge in [0.05, 0.1) is 20.8 Å². The zero-order valence-electron chi connectivity index (χ0n) is 11.3. The van der Waals surface area contributed by atoms with Crippen LogP contribution >= 0.6 is 0 Å². The number of hydrogen-bond acceptors (Lipinski definition) is 3. The highest BCUT2D eigenvalue weighted by Crippen LogP contribution is 2.38. The monoisotopic (exact) mass is 258 g/mol. The Bertz CT molecular complexity index is 588. The molecule has 3 nitrogen and oxygen atoms in total. The van der Waals surface area contributed by atoms with Gasteiger partial charge in [-0.1, -0.05) is 6.07 Å². The third-order valence-electron chi connectivity index (χ3n) is 3.52. The fraction of sp³-hybridized carbons (Fsp3) is 0.375. The van der Waals surface area contributed by atoms with E-state index in [-0.39, 0.29) is 0 Å². The van der Waals surface area contributed by atoms with Gasteiger partial charge in [-0.3, -0.25) is 0 Å². The van der Waals surface area contributed by atoms with Crippen LogP contribution in [-0.4, -0.2) is 20.8 Å². The summed E-state index contributed by atoms with van der Waals surface area (Å²) in [5, 5.41) is 2.14. The number of benzene rings is 2. The Kier molecular flexibility index (Phi) is 3.20. The molecule has 0 saturated heterocycles. The van der Waals surface area contributed by atoms with Crippen molar-refractivity contribution in [3.05, 3.63) is 30.3 Å². The highest BCUT2D eigenvalue weighted by molar-refractivity contribution is 5.91. The van der Waals surface area contributed by atoms with Crippen LogP contribution in [0.15, 0.2) is 30.3 Å². The van der Waals surface area contributed by atoms with E-state index < -0.39 is 0 Å². The molecule has 1 aliphatic rings. The molecular formula is C16H18O3. The molecule has 0 spiro atoms. The van der Waals surface area contributed by atoms with E-state index in [0.717, 1.165) is 40.5 Å². The third-order valence-corrected chi connectivity index (χ3v) is 3.52. The molecule has 1 fully saturated rings. The summed E-state index contributed by atoms with van der Waals surface area (Å²) in [5.74, 6) is 3.21. The molecule has 0 heterocycles. The summed E-state index contributed by atoms with van der Waals surface area (Å²) < 4.78 is 16.6. The Morgan fingerprint density at radius 2 is 1.89 bits per heavy atom. The fourth-order valence-electron chi connectivity index (χ4n) is 2.20. The van der Waals surface area contributed by atoms with Crippen LogP contribution in [0.2, 0.25) is 0 Å². The Morgan fingerprint density at radius 1 is 1.05 bits per heavy atom. The summed E-state index contributed by atoms with van der Waals surface area (Å²) in [6, 6.07) is 9.97. The molecular weight excluding hydrogens is 240 g/mol. The van der Waals surface area contributed by atoms with Gasteiger partial charge in [0.1, 0.15) is 5.75 Å². The van der Waals surface area contributed by atoms with Crippen LogP contribution in [0.5, 0.6) is 17.2 Å². The van der Waals surface area contributed by atoms with Crippen LogP contribution in [0.3, 0.4) is 0 Å². The molecule has 3 heteroatoms. The Hall–Kier alpha value is -1.90. The van der Waals surface area contributed by atoms with Gasteiger partial charge in [0.15, 0.2) is 11.5 Å². The van der Waals surface area contributed by atoms with Crippen LogP contribution in [0, 0.1) is 5.92 Å². The molecule has 0 bridgehead atoms. The van der Waals surface area contributed by atoms with Crippen molar-refractivity contribution in [3.63, 3.8) is 0 Å². The molecule has 0 amide bonds. The highest BCUT2D eigenvalue weighted by atomic mass is 16.5. The van der Waals surface area contributed by atoms with E-state index in [1.54, 1.807) is 14.2 Å². The van der Waals surface area contributed by atoms with Crippen molar-refractivity contribution < 1.29 is 14.2 Å². The molecule has 0 N–H and O–H groups in total. The predicted octanol–water partition coefficient (Wildman–Crippen LogP) is 3.65. The average molecular weight is 258 g/mol. The number of hydrogen-bond donors (Lipinski definition) is 0. The van der Waals surface area contributed by atoms with Crippen molar-refractivity contribution in [2.24, 2.45) is 5.92 Å². The maximum absolute atomic E-state index is 5.86.